The van der Waals surface area contributed by atoms with E-state index in [1.807, 2.05) is 6.92 Å². The SMILES string of the molecule is Cc1cncc([NH])c1. The van der Waals surface area contributed by atoms with Gasteiger partial charge < -0.3 is 0 Å². The molecule has 0 amide bonds. The van der Waals surface area contributed by atoms with Crippen LogP contribution < -0.4 is 5.73 Å². The average Bonchev–Trinajstić information content (AvgIpc) is 1.64. The first-order valence-corrected chi connectivity index (χ1v) is 2.42. The zero-order valence-electron chi connectivity index (χ0n) is 4.68. The molecule has 2 heteroatoms. The first-order valence-electron chi connectivity index (χ1n) is 2.42. The predicted molar refractivity (Wildman–Crippen MR) is 31.7 cm³/mol. The third-order valence-electron chi connectivity index (χ3n) is 0.875. The standard InChI is InChI=1S/C6H7N2/c1-5-2-6(7)4-8-3-5/h2-4,7H,1H3. The fraction of sp³-hybridized carbons (Fsp3) is 0.167. The van der Waals surface area contributed by atoms with Crippen molar-refractivity contribution < 1.29 is 0 Å². The zero-order valence-corrected chi connectivity index (χ0v) is 4.68. The normalized spacial score (nSPS) is 9.12. The Hall–Kier alpha value is -1.05. The molecule has 0 saturated heterocycles. The summed E-state index contributed by atoms with van der Waals surface area (Å²) in [5.74, 6) is 0. The topological polar surface area (TPSA) is 36.7 Å². The predicted octanol–water partition coefficient (Wildman–Crippen LogP) is 1.30. The van der Waals surface area contributed by atoms with Crippen molar-refractivity contribution in [2.24, 2.45) is 0 Å². The van der Waals surface area contributed by atoms with Gasteiger partial charge in [0.2, 0.25) is 0 Å². The number of hydrogen-bond acceptors (Lipinski definition) is 1. The Bertz CT molecular complexity index is 166. The van der Waals surface area contributed by atoms with Crippen molar-refractivity contribution in [1.82, 2.24) is 10.7 Å². The summed E-state index contributed by atoms with van der Waals surface area (Å²) < 4.78 is 0. The van der Waals surface area contributed by atoms with E-state index in [0.717, 1.165) is 5.56 Å². The van der Waals surface area contributed by atoms with Gasteiger partial charge >= 0.3 is 0 Å². The first kappa shape index (κ1) is 5.09. The molecule has 0 saturated carbocycles. The van der Waals surface area contributed by atoms with Gasteiger partial charge in [-0.15, -0.1) is 0 Å². The molecule has 1 radical (unpaired) electrons. The summed E-state index contributed by atoms with van der Waals surface area (Å²) in [5.41, 5.74) is 8.59. The number of nitrogens with one attached hydrogen (secondary N) is 1. The van der Waals surface area contributed by atoms with Crippen LogP contribution in [0.5, 0.6) is 0 Å². The van der Waals surface area contributed by atoms with Crippen molar-refractivity contribution >= 4 is 5.69 Å². The summed E-state index contributed by atoms with van der Waals surface area (Å²) >= 11 is 0. The molecule has 1 heterocycles. The highest BCUT2D eigenvalue weighted by atomic mass is 14.7. The van der Waals surface area contributed by atoms with Crippen LogP contribution in [-0.2, 0) is 0 Å². The Kier molecular flexibility index (Phi) is 1.16. The molecular weight excluding hydrogens is 100 g/mol. The Morgan fingerprint density at radius 3 is 2.62 bits per heavy atom. The van der Waals surface area contributed by atoms with E-state index in [0.29, 0.717) is 5.69 Å². The lowest BCUT2D eigenvalue weighted by Gasteiger charge is -1.88. The Morgan fingerprint density at radius 1 is 1.50 bits per heavy atom. The Labute approximate surface area is 48.4 Å². The van der Waals surface area contributed by atoms with Gasteiger partial charge in [-0.1, -0.05) is 0 Å². The molecule has 0 aliphatic carbocycles. The zero-order chi connectivity index (χ0) is 5.98. The molecule has 1 aromatic rings. The van der Waals surface area contributed by atoms with Gasteiger partial charge in [0.05, 0.1) is 11.9 Å². The van der Waals surface area contributed by atoms with Gasteiger partial charge in [-0.2, -0.15) is 0 Å². The van der Waals surface area contributed by atoms with Crippen LogP contribution in [-0.4, -0.2) is 4.98 Å². The molecule has 0 aromatic carbocycles. The van der Waals surface area contributed by atoms with Crippen molar-refractivity contribution in [1.29, 1.82) is 0 Å². The molecule has 0 atom stereocenters. The smallest absolute Gasteiger partial charge is 0.0725 e. The molecule has 1 rings (SSSR count). The molecule has 0 aliphatic rings. The van der Waals surface area contributed by atoms with Gasteiger partial charge in [-0.25, -0.2) is 0 Å². The van der Waals surface area contributed by atoms with E-state index in [1.165, 1.54) is 6.20 Å². The molecule has 0 bridgehead atoms. The molecule has 2 nitrogen and oxygen atoms in total. The second-order valence-electron chi connectivity index (χ2n) is 1.75. The molecule has 0 spiro atoms. The maximum absolute atomic E-state index is 7.07. The van der Waals surface area contributed by atoms with E-state index in [9.17, 15) is 0 Å². The lowest BCUT2D eigenvalue weighted by Crippen LogP contribution is -1.75. The molecule has 41 valence electrons. The lowest BCUT2D eigenvalue weighted by molar-refractivity contribution is 1.24. The second kappa shape index (κ2) is 1.82. The minimum atomic E-state index is 0.477. The number of rotatable bonds is 0. The van der Waals surface area contributed by atoms with Gasteiger partial charge in [0.15, 0.2) is 0 Å². The summed E-state index contributed by atoms with van der Waals surface area (Å²) in [7, 11) is 0. The molecular formula is C6H7N2. The van der Waals surface area contributed by atoms with Gasteiger partial charge in [0.1, 0.15) is 0 Å². The van der Waals surface area contributed by atoms with Gasteiger partial charge in [0.25, 0.3) is 0 Å². The molecule has 0 unspecified atom stereocenters. The van der Waals surface area contributed by atoms with Gasteiger partial charge in [-0.05, 0) is 18.6 Å². The minimum absolute atomic E-state index is 0.477. The highest BCUT2D eigenvalue weighted by Gasteiger charge is 1.83. The molecule has 1 aromatic heterocycles. The van der Waals surface area contributed by atoms with E-state index < -0.39 is 0 Å². The number of hydrogen-bond donors (Lipinski definition) is 0. The van der Waals surface area contributed by atoms with Crippen LogP contribution in [0.2, 0.25) is 0 Å². The number of pyridine rings is 1. The van der Waals surface area contributed by atoms with Crippen LogP contribution in [0.1, 0.15) is 5.56 Å². The molecule has 8 heavy (non-hydrogen) atoms. The van der Waals surface area contributed by atoms with Crippen LogP contribution >= 0.6 is 0 Å². The minimum Gasteiger partial charge on any atom is -0.299 e. The highest BCUT2D eigenvalue weighted by molar-refractivity contribution is 5.32. The van der Waals surface area contributed by atoms with Crippen LogP contribution in [0, 0.1) is 6.92 Å². The Morgan fingerprint density at radius 2 is 2.25 bits per heavy atom. The van der Waals surface area contributed by atoms with Gasteiger partial charge in [0, 0.05) is 6.20 Å². The van der Waals surface area contributed by atoms with Crippen LogP contribution in [0.25, 0.3) is 0 Å². The van der Waals surface area contributed by atoms with E-state index in [4.69, 9.17) is 5.73 Å². The van der Waals surface area contributed by atoms with Crippen molar-refractivity contribution in [2.75, 3.05) is 0 Å². The van der Waals surface area contributed by atoms with E-state index in [1.54, 1.807) is 12.3 Å². The molecule has 1 N–H and O–H groups in total. The average molecular weight is 107 g/mol. The first-order chi connectivity index (χ1) is 3.79. The Balaban J connectivity index is 3.08. The number of aryl methyl sites for hydroxylation is 1. The van der Waals surface area contributed by atoms with Crippen molar-refractivity contribution in [2.45, 2.75) is 6.92 Å². The van der Waals surface area contributed by atoms with Crippen molar-refractivity contribution in [3.05, 3.63) is 24.0 Å². The maximum atomic E-state index is 7.07. The largest absolute Gasteiger partial charge is 0.299 e. The van der Waals surface area contributed by atoms with E-state index in [2.05, 4.69) is 4.98 Å². The van der Waals surface area contributed by atoms with E-state index >= 15 is 0 Å². The fourth-order valence-corrected chi connectivity index (χ4v) is 0.555. The van der Waals surface area contributed by atoms with Crippen LogP contribution in [0.3, 0.4) is 0 Å². The summed E-state index contributed by atoms with van der Waals surface area (Å²) in [5, 5.41) is 0. The highest BCUT2D eigenvalue weighted by Crippen LogP contribution is 2.02. The summed E-state index contributed by atoms with van der Waals surface area (Å²) in [6, 6.07) is 1.77. The molecule has 0 aliphatic heterocycles. The number of nitrogens with zero attached hydrogens (tertiary/aromatic N) is 1. The van der Waals surface area contributed by atoms with Crippen molar-refractivity contribution in [3.8, 4) is 0 Å². The monoisotopic (exact) mass is 107 g/mol. The maximum Gasteiger partial charge on any atom is 0.0725 e. The van der Waals surface area contributed by atoms with Gasteiger partial charge in [-0.3, -0.25) is 10.7 Å². The lowest BCUT2D eigenvalue weighted by atomic mass is 10.3. The second-order valence-corrected chi connectivity index (χ2v) is 1.75. The van der Waals surface area contributed by atoms with Crippen LogP contribution in [0.15, 0.2) is 18.5 Å². The quantitative estimate of drug-likeness (QED) is 0.492. The number of aromatic nitrogens is 1. The summed E-state index contributed by atoms with van der Waals surface area (Å²) in [6.45, 7) is 1.92. The molecule has 0 fully saturated rings. The van der Waals surface area contributed by atoms with E-state index in [-0.39, 0.29) is 0 Å². The fourth-order valence-electron chi connectivity index (χ4n) is 0.555. The van der Waals surface area contributed by atoms with Crippen LogP contribution in [0.4, 0.5) is 5.69 Å². The third-order valence-corrected chi connectivity index (χ3v) is 0.875. The van der Waals surface area contributed by atoms with Crippen molar-refractivity contribution in [3.63, 3.8) is 0 Å². The third kappa shape index (κ3) is 0.964. The summed E-state index contributed by atoms with van der Waals surface area (Å²) in [4.78, 5) is 3.80. The summed E-state index contributed by atoms with van der Waals surface area (Å²) in [6.07, 6.45) is 3.26.